The van der Waals surface area contributed by atoms with Gasteiger partial charge in [-0.05, 0) is 60.1 Å². The summed E-state index contributed by atoms with van der Waals surface area (Å²) in [5.41, 5.74) is 1.53. The number of hydrogen-bond acceptors (Lipinski definition) is 3. The van der Waals surface area contributed by atoms with E-state index in [1.54, 1.807) is 6.07 Å². The molecule has 2 N–H and O–H groups in total. The molecule has 0 aliphatic rings. The Morgan fingerprint density at radius 1 is 1.30 bits per heavy atom. The Morgan fingerprint density at radius 3 is 2.75 bits per heavy atom. The third kappa shape index (κ3) is 4.13. The number of carbonyl (C=O) groups is 1. The predicted molar refractivity (Wildman–Crippen MR) is 82.8 cm³/mol. The van der Waals surface area contributed by atoms with Crippen LogP contribution in [0.15, 0.2) is 45.5 Å². The molecular weight excluding hydrogens is 320 g/mol. The molecule has 2 rings (SSSR count). The first-order valence-corrected chi connectivity index (χ1v) is 7.23. The number of rotatable bonds is 5. The number of halogens is 1. The molecule has 0 aliphatic carbocycles. The van der Waals surface area contributed by atoms with Gasteiger partial charge in [-0.25, -0.2) is 0 Å². The van der Waals surface area contributed by atoms with Gasteiger partial charge in [0.05, 0.1) is 6.54 Å². The lowest BCUT2D eigenvalue weighted by atomic mass is 10.1. The molecule has 106 valence electrons. The standard InChI is InChI=1S/C15H17BrN2O2/c1-10(2)18-15(19)11-4-3-5-12(8-11)17-9-13-6-7-14(16)20-13/h3-8,10,17H,9H2,1-2H3,(H,18,19). The van der Waals surface area contributed by atoms with E-state index in [1.807, 2.05) is 44.2 Å². The lowest BCUT2D eigenvalue weighted by Crippen LogP contribution is -2.30. The van der Waals surface area contributed by atoms with E-state index < -0.39 is 0 Å². The molecule has 1 aromatic heterocycles. The van der Waals surface area contributed by atoms with Crippen molar-refractivity contribution in [3.63, 3.8) is 0 Å². The van der Waals surface area contributed by atoms with Crippen LogP contribution in [0.3, 0.4) is 0 Å². The molecule has 0 radical (unpaired) electrons. The van der Waals surface area contributed by atoms with E-state index in [9.17, 15) is 4.79 Å². The number of benzene rings is 1. The van der Waals surface area contributed by atoms with Crippen LogP contribution in [0.2, 0.25) is 0 Å². The number of hydrogen-bond donors (Lipinski definition) is 2. The van der Waals surface area contributed by atoms with Gasteiger partial charge in [0.25, 0.3) is 5.91 Å². The molecule has 1 aromatic carbocycles. The lowest BCUT2D eigenvalue weighted by molar-refractivity contribution is 0.0943. The van der Waals surface area contributed by atoms with Gasteiger partial charge in [-0.15, -0.1) is 0 Å². The molecule has 1 amide bonds. The van der Waals surface area contributed by atoms with Gasteiger partial charge in [-0.3, -0.25) is 4.79 Å². The second-order valence-corrected chi connectivity index (χ2v) is 5.55. The average molecular weight is 337 g/mol. The molecule has 0 bridgehead atoms. The molecule has 0 spiro atoms. The fourth-order valence-corrected chi connectivity index (χ4v) is 2.09. The zero-order valence-corrected chi connectivity index (χ0v) is 13.0. The molecule has 1 heterocycles. The molecule has 0 aliphatic heterocycles. The minimum atomic E-state index is -0.0654. The summed E-state index contributed by atoms with van der Waals surface area (Å²) in [5.74, 6) is 0.762. The Labute approximate surface area is 126 Å². The lowest BCUT2D eigenvalue weighted by Gasteiger charge is -2.10. The number of nitrogens with one attached hydrogen (secondary N) is 2. The van der Waals surface area contributed by atoms with Crippen LogP contribution in [0, 0.1) is 0 Å². The minimum Gasteiger partial charge on any atom is -0.452 e. The highest BCUT2D eigenvalue weighted by atomic mass is 79.9. The summed E-state index contributed by atoms with van der Waals surface area (Å²) >= 11 is 3.26. The Balaban J connectivity index is 2.00. The van der Waals surface area contributed by atoms with Gasteiger partial charge in [0.15, 0.2) is 4.67 Å². The highest BCUT2D eigenvalue weighted by Crippen LogP contribution is 2.16. The van der Waals surface area contributed by atoms with Crippen molar-refractivity contribution < 1.29 is 9.21 Å². The third-order valence-electron chi connectivity index (χ3n) is 2.64. The van der Waals surface area contributed by atoms with Crippen molar-refractivity contribution in [2.24, 2.45) is 0 Å². The van der Waals surface area contributed by atoms with Crippen molar-refractivity contribution >= 4 is 27.5 Å². The van der Waals surface area contributed by atoms with Crippen LogP contribution < -0.4 is 10.6 Å². The summed E-state index contributed by atoms with van der Waals surface area (Å²) in [6, 6.07) is 11.3. The summed E-state index contributed by atoms with van der Waals surface area (Å²) in [4.78, 5) is 11.9. The largest absolute Gasteiger partial charge is 0.452 e. The highest BCUT2D eigenvalue weighted by Gasteiger charge is 2.07. The number of carbonyl (C=O) groups excluding carboxylic acids is 1. The first-order chi connectivity index (χ1) is 9.54. The summed E-state index contributed by atoms with van der Waals surface area (Å²) in [7, 11) is 0. The van der Waals surface area contributed by atoms with E-state index in [0.29, 0.717) is 16.8 Å². The predicted octanol–water partition coefficient (Wildman–Crippen LogP) is 3.79. The highest BCUT2D eigenvalue weighted by molar-refractivity contribution is 9.10. The fourth-order valence-electron chi connectivity index (χ4n) is 1.75. The van der Waals surface area contributed by atoms with Gasteiger partial charge in [-0.1, -0.05) is 6.07 Å². The summed E-state index contributed by atoms with van der Waals surface area (Å²) < 4.78 is 6.12. The van der Waals surface area contributed by atoms with Crippen LogP contribution in [-0.2, 0) is 6.54 Å². The van der Waals surface area contributed by atoms with Crippen LogP contribution in [0.1, 0.15) is 30.0 Å². The van der Waals surface area contributed by atoms with Crippen molar-refractivity contribution in [1.29, 1.82) is 0 Å². The van der Waals surface area contributed by atoms with Gasteiger partial charge in [0.2, 0.25) is 0 Å². The van der Waals surface area contributed by atoms with Gasteiger partial charge < -0.3 is 15.1 Å². The van der Waals surface area contributed by atoms with Crippen molar-refractivity contribution in [2.75, 3.05) is 5.32 Å². The summed E-state index contributed by atoms with van der Waals surface area (Å²) in [6.45, 7) is 4.45. The summed E-state index contributed by atoms with van der Waals surface area (Å²) in [5, 5.41) is 6.10. The Morgan fingerprint density at radius 2 is 2.10 bits per heavy atom. The van der Waals surface area contributed by atoms with Gasteiger partial charge in [0, 0.05) is 17.3 Å². The van der Waals surface area contributed by atoms with E-state index in [-0.39, 0.29) is 11.9 Å². The van der Waals surface area contributed by atoms with Gasteiger partial charge >= 0.3 is 0 Å². The second-order valence-electron chi connectivity index (χ2n) is 4.77. The monoisotopic (exact) mass is 336 g/mol. The zero-order chi connectivity index (χ0) is 14.5. The van der Waals surface area contributed by atoms with Gasteiger partial charge in [0.1, 0.15) is 5.76 Å². The van der Waals surface area contributed by atoms with Crippen LogP contribution >= 0.6 is 15.9 Å². The van der Waals surface area contributed by atoms with Crippen molar-refractivity contribution in [2.45, 2.75) is 26.4 Å². The topological polar surface area (TPSA) is 54.3 Å². The maximum Gasteiger partial charge on any atom is 0.251 e. The van der Waals surface area contributed by atoms with E-state index >= 15 is 0 Å². The smallest absolute Gasteiger partial charge is 0.251 e. The second kappa shape index (κ2) is 6.61. The quantitative estimate of drug-likeness (QED) is 0.873. The van der Waals surface area contributed by atoms with E-state index in [1.165, 1.54) is 0 Å². The summed E-state index contributed by atoms with van der Waals surface area (Å²) in [6.07, 6.45) is 0. The molecule has 4 nitrogen and oxygen atoms in total. The van der Waals surface area contributed by atoms with E-state index in [4.69, 9.17) is 4.42 Å². The molecule has 5 heteroatoms. The average Bonchev–Trinajstić information content (AvgIpc) is 2.82. The van der Waals surface area contributed by atoms with Crippen LogP contribution in [0.4, 0.5) is 5.69 Å². The zero-order valence-electron chi connectivity index (χ0n) is 11.4. The molecule has 0 saturated carbocycles. The first-order valence-electron chi connectivity index (χ1n) is 6.43. The molecule has 0 unspecified atom stereocenters. The Hall–Kier alpha value is -1.75. The number of anilines is 1. The number of furan rings is 1. The van der Waals surface area contributed by atoms with E-state index in [0.717, 1.165) is 11.4 Å². The van der Waals surface area contributed by atoms with Crippen LogP contribution in [0.25, 0.3) is 0 Å². The van der Waals surface area contributed by atoms with E-state index in [2.05, 4.69) is 26.6 Å². The van der Waals surface area contributed by atoms with Crippen LogP contribution in [0.5, 0.6) is 0 Å². The maximum atomic E-state index is 11.9. The van der Waals surface area contributed by atoms with Crippen molar-refractivity contribution in [3.05, 3.63) is 52.4 Å². The third-order valence-corrected chi connectivity index (χ3v) is 3.07. The Bertz CT molecular complexity index is 593. The Kier molecular flexibility index (Phi) is 4.84. The molecule has 0 saturated heterocycles. The normalized spacial score (nSPS) is 10.6. The molecular formula is C15H17BrN2O2. The maximum absolute atomic E-state index is 11.9. The van der Waals surface area contributed by atoms with Crippen molar-refractivity contribution in [1.82, 2.24) is 5.32 Å². The minimum absolute atomic E-state index is 0.0654. The van der Waals surface area contributed by atoms with Crippen LogP contribution in [-0.4, -0.2) is 11.9 Å². The first kappa shape index (κ1) is 14.7. The van der Waals surface area contributed by atoms with Crippen molar-refractivity contribution in [3.8, 4) is 0 Å². The SMILES string of the molecule is CC(C)NC(=O)c1cccc(NCc2ccc(Br)o2)c1. The molecule has 2 aromatic rings. The molecule has 0 atom stereocenters. The molecule has 20 heavy (non-hydrogen) atoms. The number of amides is 1. The van der Waals surface area contributed by atoms with Gasteiger partial charge in [-0.2, -0.15) is 0 Å². The fraction of sp³-hybridized carbons (Fsp3) is 0.267. The molecule has 0 fully saturated rings.